The van der Waals surface area contributed by atoms with Crippen LogP contribution in [0.15, 0.2) is 30.3 Å². The average molecular weight is 443 g/mol. The second kappa shape index (κ2) is 10.7. The molecule has 1 aromatic rings. The van der Waals surface area contributed by atoms with Crippen LogP contribution in [0.2, 0.25) is 5.02 Å². The minimum Gasteiger partial charge on any atom is -0.443 e. The second-order valence-corrected chi connectivity index (χ2v) is 9.05. The summed E-state index contributed by atoms with van der Waals surface area (Å²) in [4.78, 5) is 24.9. The van der Waals surface area contributed by atoms with E-state index in [0.29, 0.717) is 5.02 Å². The second-order valence-electron chi connectivity index (χ2n) is 8.62. The van der Waals surface area contributed by atoms with Crippen molar-refractivity contribution in [1.29, 1.82) is 0 Å². The van der Waals surface area contributed by atoms with Crippen molar-refractivity contribution in [2.45, 2.75) is 64.9 Å². The van der Waals surface area contributed by atoms with Crippen molar-refractivity contribution in [2.24, 2.45) is 0 Å². The molecule has 2 amide bonds. The Bertz CT molecular complexity index is 737. The van der Waals surface area contributed by atoms with E-state index in [1.54, 1.807) is 71.9 Å². The average Bonchev–Trinajstić information content (AvgIpc) is 2.58. The molecule has 0 aliphatic heterocycles. The Morgan fingerprint density at radius 2 is 1.63 bits per heavy atom. The highest BCUT2D eigenvalue weighted by molar-refractivity contribution is 6.30. The summed E-state index contributed by atoms with van der Waals surface area (Å²) in [5, 5.41) is 21.7. The van der Waals surface area contributed by atoms with E-state index >= 15 is 0 Å². The minimum absolute atomic E-state index is 0.568. The molecule has 0 bridgehead atoms. The lowest BCUT2D eigenvalue weighted by Crippen LogP contribution is -2.58. The number of halogens is 1. The molecule has 30 heavy (non-hydrogen) atoms. The fourth-order valence-electron chi connectivity index (χ4n) is 2.23. The van der Waals surface area contributed by atoms with Gasteiger partial charge in [0.2, 0.25) is 0 Å². The van der Waals surface area contributed by atoms with Gasteiger partial charge in [0, 0.05) is 5.02 Å². The van der Waals surface area contributed by atoms with E-state index in [0.717, 1.165) is 10.6 Å². The minimum atomic E-state index is -1.33. The Kier molecular flexibility index (Phi) is 9.14. The first-order chi connectivity index (χ1) is 13.7. The van der Waals surface area contributed by atoms with Gasteiger partial charge in [-0.05, 0) is 59.2 Å². The molecule has 0 aromatic heterocycles. The van der Waals surface area contributed by atoms with Gasteiger partial charge in [0.05, 0.1) is 12.7 Å². The third-order valence-corrected chi connectivity index (χ3v) is 3.72. The molecule has 8 nitrogen and oxygen atoms in total. The third kappa shape index (κ3) is 9.47. The Labute approximate surface area is 182 Å². The Hall–Kier alpha value is -2.29. The molecule has 1 aromatic carbocycles. The van der Waals surface area contributed by atoms with Crippen molar-refractivity contribution in [3.8, 4) is 0 Å². The molecule has 0 spiro atoms. The lowest BCUT2D eigenvalue weighted by Gasteiger charge is -2.34. The number of benzene rings is 1. The van der Waals surface area contributed by atoms with Gasteiger partial charge in [-0.1, -0.05) is 35.9 Å². The quantitative estimate of drug-likeness (QED) is 0.599. The predicted octanol–water partition coefficient (Wildman–Crippen LogP) is 3.75. The molecule has 0 aliphatic carbocycles. The molecule has 1 unspecified atom stereocenters. The highest BCUT2D eigenvalue weighted by Crippen LogP contribution is 2.16. The van der Waals surface area contributed by atoms with Gasteiger partial charge in [-0.25, -0.2) is 20.0 Å². The van der Waals surface area contributed by atoms with Crippen molar-refractivity contribution >= 4 is 29.9 Å². The molecule has 0 fully saturated rings. The molecule has 0 saturated heterocycles. The van der Waals surface area contributed by atoms with E-state index in [4.69, 9.17) is 21.1 Å². The summed E-state index contributed by atoms with van der Waals surface area (Å²) in [5.74, 6) is 0. The number of rotatable bonds is 5. The SMILES string of the molecule is CC(C)(C)OC(=O)NN(C(=O)OC(C)(C)C)C(CO)[C@H](O)C=Cc1ccc(Cl)cc1. The van der Waals surface area contributed by atoms with E-state index < -0.39 is 42.1 Å². The van der Waals surface area contributed by atoms with Crippen LogP contribution in [0.1, 0.15) is 47.1 Å². The van der Waals surface area contributed by atoms with E-state index in [1.807, 2.05) is 0 Å². The smallest absolute Gasteiger partial charge is 0.429 e. The molecule has 9 heteroatoms. The lowest BCUT2D eigenvalue weighted by molar-refractivity contribution is -0.0343. The molecular weight excluding hydrogens is 412 g/mol. The maximum Gasteiger partial charge on any atom is 0.429 e. The highest BCUT2D eigenvalue weighted by Gasteiger charge is 2.34. The Morgan fingerprint density at radius 3 is 2.10 bits per heavy atom. The third-order valence-electron chi connectivity index (χ3n) is 3.47. The van der Waals surface area contributed by atoms with Gasteiger partial charge >= 0.3 is 12.2 Å². The van der Waals surface area contributed by atoms with Crippen molar-refractivity contribution in [3.05, 3.63) is 40.9 Å². The summed E-state index contributed by atoms with van der Waals surface area (Å²) >= 11 is 5.85. The van der Waals surface area contributed by atoms with Gasteiger partial charge in [-0.2, -0.15) is 0 Å². The van der Waals surface area contributed by atoms with E-state index in [-0.39, 0.29) is 0 Å². The normalized spacial score (nSPS) is 14.2. The zero-order valence-electron chi connectivity index (χ0n) is 18.2. The van der Waals surface area contributed by atoms with Gasteiger partial charge < -0.3 is 19.7 Å². The van der Waals surface area contributed by atoms with Crippen LogP contribution in [0.4, 0.5) is 9.59 Å². The number of hydrogen-bond donors (Lipinski definition) is 3. The summed E-state index contributed by atoms with van der Waals surface area (Å²) in [5.41, 5.74) is 1.33. The van der Waals surface area contributed by atoms with Crippen LogP contribution in [0, 0.1) is 0 Å². The van der Waals surface area contributed by atoms with Gasteiger partial charge in [0.1, 0.15) is 17.2 Å². The van der Waals surface area contributed by atoms with Crippen molar-refractivity contribution in [1.82, 2.24) is 10.4 Å². The molecule has 2 atom stereocenters. The van der Waals surface area contributed by atoms with E-state index in [1.165, 1.54) is 6.08 Å². The number of nitrogens with one attached hydrogen (secondary N) is 1. The molecule has 0 saturated carbocycles. The fourth-order valence-corrected chi connectivity index (χ4v) is 2.35. The fraction of sp³-hybridized carbons (Fsp3) is 0.524. The molecule has 0 heterocycles. The largest absolute Gasteiger partial charge is 0.443 e. The molecule has 1 rings (SSSR count). The number of hydrazine groups is 1. The topological polar surface area (TPSA) is 108 Å². The van der Waals surface area contributed by atoms with Crippen LogP contribution in [-0.2, 0) is 9.47 Å². The van der Waals surface area contributed by atoms with Crippen LogP contribution in [0.5, 0.6) is 0 Å². The first kappa shape index (κ1) is 25.7. The van der Waals surface area contributed by atoms with Gasteiger partial charge in [-0.15, -0.1) is 0 Å². The number of nitrogens with zero attached hydrogens (tertiary/aromatic N) is 1. The molecule has 0 aliphatic rings. The summed E-state index contributed by atoms with van der Waals surface area (Å²) in [6.45, 7) is 9.30. The van der Waals surface area contributed by atoms with Crippen molar-refractivity contribution in [2.75, 3.05) is 6.61 Å². The Balaban J connectivity index is 3.07. The van der Waals surface area contributed by atoms with Gasteiger partial charge in [-0.3, -0.25) is 0 Å². The summed E-state index contributed by atoms with van der Waals surface area (Å²) in [7, 11) is 0. The molecular formula is C21H31ClN2O6. The standard InChI is InChI=1S/C21H31ClN2O6/c1-20(2,3)29-18(27)23-24(19(28)30-21(4,5)6)16(13-25)17(26)12-9-14-7-10-15(22)11-8-14/h7-12,16-17,25-26H,13H2,1-6H3,(H,23,27)/t16?,17-/m1/s1. The highest BCUT2D eigenvalue weighted by atomic mass is 35.5. The zero-order valence-corrected chi connectivity index (χ0v) is 18.9. The predicted molar refractivity (Wildman–Crippen MR) is 115 cm³/mol. The maximum atomic E-state index is 12.6. The van der Waals surface area contributed by atoms with Crippen molar-refractivity contribution in [3.63, 3.8) is 0 Å². The number of amides is 2. The number of carbonyl (C=O) groups is 2. The number of ether oxygens (including phenoxy) is 2. The van der Waals surface area contributed by atoms with Crippen LogP contribution in [-0.4, -0.2) is 57.4 Å². The summed E-state index contributed by atoms with van der Waals surface area (Å²) in [6.07, 6.45) is -0.219. The molecule has 168 valence electrons. The van der Waals surface area contributed by atoms with Gasteiger partial charge in [0.25, 0.3) is 0 Å². The van der Waals surface area contributed by atoms with E-state index in [2.05, 4.69) is 5.43 Å². The van der Waals surface area contributed by atoms with Crippen LogP contribution in [0.25, 0.3) is 6.08 Å². The Morgan fingerprint density at radius 1 is 1.10 bits per heavy atom. The first-order valence-electron chi connectivity index (χ1n) is 9.46. The van der Waals surface area contributed by atoms with Crippen LogP contribution >= 0.6 is 11.6 Å². The number of aliphatic hydroxyl groups is 2. The lowest BCUT2D eigenvalue weighted by atomic mass is 10.1. The van der Waals surface area contributed by atoms with E-state index in [9.17, 15) is 19.8 Å². The van der Waals surface area contributed by atoms with Crippen molar-refractivity contribution < 1.29 is 29.3 Å². The summed E-state index contributed by atoms with van der Waals surface area (Å²) in [6, 6.07) is 5.63. The number of hydrogen-bond acceptors (Lipinski definition) is 6. The number of aliphatic hydroxyl groups excluding tert-OH is 2. The van der Waals surface area contributed by atoms with Crippen LogP contribution in [0.3, 0.4) is 0 Å². The number of carbonyl (C=O) groups excluding carboxylic acids is 2. The summed E-state index contributed by atoms with van der Waals surface area (Å²) < 4.78 is 10.5. The van der Waals surface area contributed by atoms with Crippen LogP contribution < -0.4 is 5.43 Å². The maximum absolute atomic E-state index is 12.6. The van der Waals surface area contributed by atoms with Gasteiger partial charge in [0.15, 0.2) is 0 Å². The monoisotopic (exact) mass is 442 g/mol. The molecule has 0 radical (unpaired) electrons. The zero-order chi connectivity index (χ0) is 23.1. The first-order valence-corrected chi connectivity index (χ1v) is 9.84. The molecule has 3 N–H and O–H groups in total.